The zero-order chi connectivity index (χ0) is 15.0. The molecule has 0 aromatic heterocycles. The summed E-state index contributed by atoms with van der Waals surface area (Å²) in [5.41, 5.74) is 9.44. The van der Waals surface area contributed by atoms with Gasteiger partial charge in [0.2, 0.25) is 0 Å². The minimum atomic E-state index is -0.478. The lowest BCUT2D eigenvalue weighted by atomic mass is 9.86. The van der Waals surface area contributed by atoms with Crippen molar-refractivity contribution >= 4 is 27.5 Å². The molecule has 3 rings (SSSR count). The fourth-order valence-corrected chi connectivity index (χ4v) is 3.48. The van der Waals surface area contributed by atoms with Crippen LogP contribution >= 0.6 is 27.5 Å². The molecular formula is C17H17BrClNO. The third kappa shape index (κ3) is 3.10. The summed E-state index contributed by atoms with van der Waals surface area (Å²) >= 11 is 9.72. The maximum atomic E-state index is 6.56. The van der Waals surface area contributed by atoms with Crippen LogP contribution in [0.15, 0.2) is 40.9 Å². The molecule has 0 spiro atoms. The van der Waals surface area contributed by atoms with E-state index in [-0.39, 0.29) is 0 Å². The maximum absolute atomic E-state index is 6.56. The molecule has 2 nitrogen and oxygen atoms in total. The Bertz CT molecular complexity index is 684. The predicted molar refractivity (Wildman–Crippen MR) is 90.0 cm³/mol. The van der Waals surface area contributed by atoms with Crippen LogP contribution in [-0.2, 0) is 18.4 Å². The van der Waals surface area contributed by atoms with Gasteiger partial charge < -0.3 is 10.5 Å². The molecule has 1 unspecified atom stereocenters. The summed E-state index contributed by atoms with van der Waals surface area (Å²) in [5, 5.41) is 0.749. The van der Waals surface area contributed by atoms with Crippen molar-refractivity contribution in [3.8, 4) is 5.75 Å². The average Bonchev–Trinajstić information content (AvgIpc) is 2.86. The molecule has 1 aliphatic rings. The van der Waals surface area contributed by atoms with Crippen LogP contribution in [0.25, 0.3) is 0 Å². The molecule has 2 aromatic carbocycles. The van der Waals surface area contributed by atoms with Crippen molar-refractivity contribution in [1.82, 2.24) is 0 Å². The summed E-state index contributed by atoms with van der Waals surface area (Å²) in [6.07, 6.45) is 1.60. The van der Waals surface area contributed by atoms with E-state index in [4.69, 9.17) is 22.1 Å². The highest BCUT2D eigenvalue weighted by Gasteiger charge is 2.26. The van der Waals surface area contributed by atoms with E-state index in [2.05, 4.69) is 28.1 Å². The van der Waals surface area contributed by atoms with E-state index in [1.807, 2.05) is 31.2 Å². The average molecular weight is 367 g/mol. The quantitative estimate of drug-likeness (QED) is 0.871. The molecule has 0 fully saturated rings. The molecule has 0 aliphatic carbocycles. The van der Waals surface area contributed by atoms with Crippen molar-refractivity contribution in [2.75, 3.05) is 6.61 Å². The molecule has 0 bridgehead atoms. The first kappa shape index (κ1) is 14.9. The number of benzene rings is 2. The highest BCUT2D eigenvalue weighted by atomic mass is 79.9. The Morgan fingerprint density at radius 3 is 2.90 bits per heavy atom. The molecular weight excluding hydrogens is 350 g/mol. The first-order valence-electron chi connectivity index (χ1n) is 6.95. The van der Waals surface area contributed by atoms with Gasteiger partial charge in [-0.3, -0.25) is 0 Å². The monoisotopic (exact) mass is 365 g/mol. The SMILES string of the molecule is CC(N)(Cc1cc(Cl)cc2c1OCC2)c1cccc(Br)c1. The van der Waals surface area contributed by atoms with Crippen molar-refractivity contribution in [3.63, 3.8) is 0 Å². The van der Waals surface area contributed by atoms with Crippen LogP contribution in [0.1, 0.15) is 23.6 Å². The van der Waals surface area contributed by atoms with Crippen LogP contribution in [0.5, 0.6) is 5.75 Å². The van der Waals surface area contributed by atoms with Crippen LogP contribution in [0.2, 0.25) is 5.02 Å². The first-order valence-corrected chi connectivity index (χ1v) is 8.12. The Morgan fingerprint density at radius 1 is 1.33 bits per heavy atom. The number of hydrogen-bond donors (Lipinski definition) is 1. The second kappa shape index (κ2) is 5.64. The van der Waals surface area contributed by atoms with Crippen molar-refractivity contribution < 1.29 is 4.74 Å². The van der Waals surface area contributed by atoms with Gasteiger partial charge in [0.15, 0.2) is 0 Å². The Hall–Kier alpha value is -1.03. The number of nitrogens with two attached hydrogens (primary N) is 1. The summed E-state index contributed by atoms with van der Waals surface area (Å²) in [6, 6.07) is 12.1. The second-order valence-corrected chi connectivity index (χ2v) is 7.11. The molecule has 0 radical (unpaired) electrons. The molecule has 4 heteroatoms. The third-order valence-corrected chi connectivity index (χ3v) is 4.58. The number of fused-ring (bicyclic) bond motifs is 1. The molecule has 2 N–H and O–H groups in total. The largest absolute Gasteiger partial charge is 0.493 e. The minimum absolute atomic E-state index is 0.478. The highest BCUT2D eigenvalue weighted by Crippen LogP contribution is 2.36. The highest BCUT2D eigenvalue weighted by molar-refractivity contribution is 9.10. The molecule has 110 valence electrons. The molecule has 21 heavy (non-hydrogen) atoms. The van der Waals surface area contributed by atoms with Crippen LogP contribution < -0.4 is 10.5 Å². The lowest BCUT2D eigenvalue weighted by molar-refractivity contribution is 0.349. The zero-order valence-corrected chi connectivity index (χ0v) is 14.2. The summed E-state index contributed by atoms with van der Waals surface area (Å²) in [4.78, 5) is 0. The molecule has 1 heterocycles. The normalized spacial score (nSPS) is 16.2. The van der Waals surface area contributed by atoms with Crippen molar-refractivity contribution in [1.29, 1.82) is 0 Å². The number of rotatable bonds is 3. The Morgan fingerprint density at radius 2 is 2.14 bits per heavy atom. The fourth-order valence-electron chi connectivity index (χ4n) is 2.82. The summed E-state index contributed by atoms with van der Waals surface area (Å²) in [7, 11) is 0. The van der Waals surface area contributed by atoms with Crippen LogP contribution in [0.3, 0.4) is 0 Å². The number of halogens is 2. The lowest BCUT2D eigenvalue weighted by Gasteiger charge is -2.26. The zero-order valence-electron chi connectivity index (χ0n) is 11.8. The molecule has 1 aliphatic heterocycles. The number of hydrogen-bond acceptors (Lipinski definition) is 2. The second-order valence-electron chi connectivity index (χ2n) is 5.76. The molecule has 0 saturated carbocycles. The maximum Gasteiger partial charge on any atom is 0.125 e. The minimum Gasteiger partial charge on any atom is -0.493 e. The van der Waals surface area contributed by atoms with Gasteiger partial charge in [-0.05, 0) is 54.3 Å². The molecule has 0 saturated heterocycles. The molecule has 2 aromatic rings. The summed E-state index contributed by atoms with van der Waals surface area (Å²) in [6.45, 7) is 2.76. The van der Waals surface area contributed by atoms with E-state index in [0.717, 1.165) is 39.4 Å². The van der Waals surface area contributed by atoms with E-state index >= 15 is 0 Å². The van der Waals surface area contributed by atoms with Gasteiger partial charge in [-0.1, -0.05) is 39.7 Å². The topological polar surface area (TPSA) is 35.2 Å². The fraction of sp³-hybridized carbons (Fsp3) is 0.294. The van der Waals surface area contributed by atoms with Gasteiger partial charge in [0, 0.05) is 21.5 Å². The Labute approximate surface area is 138 Å². The van der Waals surface area contributed by atoms with Crippen LogP contribution in [0.4, 0.5) is 0 Å². The van der Waals surface area contributed by atoms with Gasteiger partial charge in [-0.2, -0.15) is 0 Å². The molecule has 1 atom stereocenters. The predicted octanol–water partition coefficient (Wildman–Crippen LogP) is 4.45. The number of ether oxygens (including phenoxy) is 1. The van der Waals surface area contributed by atoms with Gasteiger partial charge in [-0.25, -0.2) is 0 Å². The molecule has 0 amide bonds. The standard InChI is InChI=1S/C17H17BrClNO/c1-17(20,13-3-2-4-14(18)9-13)10-12-8-15(19)7-11-5-6-21-16(11)12/h2-4,7-9H,5-6,10,20H2,1H3. The van der Waals surface area contributed by atoms with Gasteiger partial charge in [0.05, 0.1) is 6.61 Å². The van der Waals surface area contributed by atoms with E-state index in [0.29, 0.717) is 6.42 Å². The van der Waals surface area contributed by atoms with E-state index in [9.17, 15) is 0 Å². The van der Waals surface area contributed by atoms with Crippen molar-refractivity contribution in [2.45, 2.75) is 25.3 Å². The lowest BCUT2D eigenvalue weighted by Crippen LogP contribution is -2.35. The van der Waals surface area contributed by atoms with Gasteiger partial charge in [-0.15, -0.1) is 0 Å². The van der Waals surface area contributed by atoms with Gasteiger partial charge >= 0.3 is 0 Å². The first-order chi connectivity index (χ1) is 9.95. The van der Waals surface area contributed by atoms with Crippen molar-refractivity contribution in [3.05, 3.63) is 62.6 Å². The summed E-state index contributed by atoms with van der Waals surface area (Å²) < 4.78 is 6.80. The van der Waals surface area contributed by atoms with Gasteiger partial charge in [0.25, 0.3) is 0 Å². The smallest absolute Gasteiger partial charge is 0.125 e. The third-order valence-electron chi connectivity index (χ3n) is 3.87. The van der Waals surface area contributed by atoms with E-state index in [1.54, 1.807) is 0 Å². The van der Waals surface area contributed by atoms with Crippen LogP contribution in [-0.4, -0.2) is 6.61 Å². The van der Waals surface area contributed by atoms with Gasteiger partial charge in [0.1, 0.15) is 5.75 Å². The van der Waals surface area contributed by atoms with E-state index < -0.39 is 5.54 Å². The summed E-state index contributed by atoms with van der Waals surface area (Å²) in [5.74, 6) is 0.964. The van der Waals surface area contributed by atoms with Crippen LogP contribution in [0, 0.1) is 0 Å². The van der Waals surface area contributed by atoms with Crippen molar-refractivity contribution in [2.24, 2.45) is 5.73 Å². The Kier molecular flexibility index (Phi) is 4.00. The Balaban J connectivity index is 1.96. The van der Waals surface area contributed by atoms with E-state index in [1.165, 1.54) is 5.56 Å².